The lowest BCUT2D eigenvalue weighted by Gasteiger charge is -1.96. The summed E-state index contributed by atoms with van der Waals surface area (Å²) in [6.45, 7) is 0. The lowest BCUT2D eigenvalue weighted by molar-refractivity contribution is 0.0927. The third-order valence-corrected chi connectivity index (χ3v) is 2.21. The molecule has 0 fully saturated rings. The highest BCUT2D eigenvalue weighted by Crippen LogP contribution is 2.08. The van der Waals surface area contributed by atoms with Crippen LogP contribution in [0.3, 0.4) is 0 Å². The van der Waals surface area contributed by atoms with Crippen LogP contribution in [0.2, 0.25) is 5.02 Å². The maximum atomic E-state index is 11.4. The third-order valence-electron chi connectivity index (χ3n) is 1.97. The van der Waals surface area contributed by atoms with Gasteiger partial charge in [0.05, 0.1) is 12.5 Å². The molecule has 0 saturated carbocycles. The summed E-state index contributed by atoms with van der Waals surface area (Å²) in [5, 5.41) is 4.41. The molecule has 0 bridgehead atoms. The van der Waals surface area contributed by atoms with Gasteiger partial charge in [0, 0.05) is 5.02 Å². The molecule has 1 amide bonds. The lowest BCUT2D eigenvalue weighted by atomic mass is 10.2. The summed E-state index contributed by atoms with van der Waals surface area (Å²) in [5.41, 5.74) is 3.15. The number of nitrogens with one attached hydrogen (secondary N) is 1. The molecule has 1 N–H and O–H groups in total. The predicted octanol–water partition coefficient (Wildman–Crippen LogP) is 2.70. The fourth-order valence-corrected chi connectivity index (χ4v) is 1.41. The highest BCUT2D eigenvalue weighted by atomic mass is 35.5. The van der Waals surface area contributed by atoms with E-state index < -0.39 is 5.91 Å². The molecule has 0 saturated heterocycles. The van der Waals surface area contributed by atoms with Crippen molar-refractivity contribution in [3.05, 3.63) is 59.0 Å². The first-order chi connectivity index (χ1) is 8.25. The number of furan rings is 1. The minimum Gasteiger partial charge on any atom is -0.459 e. The van der Waals surface area contributed by atoms with Crippen LogP contribution in [0.5, 0.6) is 0 Å². The molecular weight excluding hydrogens is 240 g/mol. The zero-order valence-corrected chi connectivity index (χ0v) is 9.52. The molecule has 0 aliphatic rings. The van der Waals surface area contributed by atoms with Gasteiger partial charge in [-0.05, 0) is 29.8 Å². The number of halogens is 1. The number of hydrazone groups is 1. The van der Waals surface area contributed by atoms with Gasteiger partial charge in [0.1, 0.15) is 0 Å². The number of hydrogen-bond donors (Lipinski definition) is 1. The van der Waals surface area contributed by atoms with Gasteiger partial charge >= 0.3 is 5.91 Å². The van der Waals surface area contributed by atoms with Gasteiger partial charge in [0.25, 0.3) is 0 Å². The molecule has 0 unspecified atom stereocenters. The van der Waals surface area contributed by atoms with Gasteiger partial charge in [-0.2, -0.15) is 5.10 Å². The largest absolute Gasteiger partial charge is 0.459 e. The Morgan fingerprint density at radius 1 is 1.35 bits per heavy atom. The molecular formula is C12H9ClN2O2. The van der Waals surface area contributed by atoms with Crippen LogP contribution in [0.25, 0.3) is 0 Å². The van der Waals surface area contributed by atoms with Crippen molar-refractivity contribution in [2.24, 2.45) is 5.10 Å². The highest BCUT2D eigenvalue weighted by Gasteiger charge is 2.05. The van der Waals surface area contributed by atoms with Gasteiger partial charge in [-0.25, -0.2) is 5.43 Å². The summed E-state index contributed by atoms with van der Waals surface area (Å²) < 4.78 is 4.91. The van der Waals surface area contributed by atoms with E-state index in [0.29, 0.717) is 5.02 Å². The molecule has 2 aromatic rings. The first-order valence-electron chi connectivity index (χ1n) is 4.88. The minimum atomic E-state index is -0.395. The Morgan fingerprint density at radius 2 is 2.24 bits per heavy atom. The second-order valence-corrected chi connectivity index (χ2v) is 3.67. The van der Waals surface area contributed by atoms with E-state index in [9.17, 15) is 4.79 Å². The van der Waals surface area contributed by atoms with E-state index in [4.69, 9.17) is 16.0 Å². The smallest absolute Gasteiger partial charge is 0.307 e. The standard InChI is InChI=1S/C12H9ClN2O2/c13-10-4-1-3-9(7-10)8-14-15-12(16)11-5-2-6-17-11/h1-8H,(H,15,16). The van der Waals surface area contributed by atoms with E-state index in [1.54, 1.807) is 30.3 Å². The number of carbonyl (C=O) groups excluding carboxylic acids is 1. The van der Waals surface area contributed by atoms with E-state index in [-0.39, 0.29) is 5.76 Å². The number of benzene rings is 1. The van der Waals surface area contributed by atoms with Crippen molar-refractivity contribution in [3.63, 3.8) is 0 Å². The van der Waals surface area contributed by atoms with Gasteiger partial charge in [0.2, 0.25) is 0 Å². The molecule has 5 heteroatoms. The first kappa shape index (κ1) is 11.4. The molecule has 0 spiro atoms. The van der Waals surface area contributed by atoms with Crippen molar-refractivity contribution >= 4 is 23.7 Å². The summed E-state index contributed by atoms with van der Waals surface area (Å²) in [5.74, 6) is -0.179. The van der Waals surface area contributed by atoms with Crippen LogP contribution >= 0.6 is 11.6 Å². The van der Waals surface area contributed by atoms with Crippen molar-refractivity contribution in [2.75, 3.05) is 0 Å². The van der Waals surface area contributed by atoms with Gasteiger partial charge in [-0.3, -0.25) is 4.79 Å². The van der Waals surface area contributed by atoms with Crippen molar-refractivity contribution in [3.8, 4) is 0 Å². The van der Waals surface area contributed by atoms with E-state index in [1.165, 1.54) is 12.5 Å². The van der Waals surface area contributed by atoms with Crippen LogP contribution in [0, 0.1) is 0 Å². The van der Waals surface area contributed by atoms with Crippen molar-refractivity contribution in [1.29, 1.82) is 0 Å². The Hall–Kier alpha value is -2.07. The molecule has 0 radical (unpaired) electrons. The molecule has 2 rings (SSSR count). The van der Waals surface area contributed by atoms with Gasteiger partial charge in [-0.1, -0.05) is 23.7 Å². The molecule has 1 heterocycles. The molecule has 86 valence electrons. The average molecular weight is 249 g/mol. The summed E-state index contributed by atoms with van der Waals surface area (Å²) >= 11 is 5.80. The first-order valence-corrected chi connectivity index (χ1v) is 5.26. The lowest BCUT2D eigenvalue weighted by Crippen LogP contribution is -2.16. The SMILES string of the molecule is O=C(NN=Cc1cccc(Cl)c1)c1ccco1. The minimum absolute atomic E-state index is 0.216. The number of hydrogen-bond acceptors (Lipinski definition) is 3. The summed E-state index contributed by atoms with van der Waals surface area (Å²) in [6.07, 6.45) is 2.93. The molecule has 0 atom stereocenters. The molecule has 17 heavy (non-hydrogen) atoms. The number of nitrogens with zero attached hydrogens (tertiary/aromatic N) is 1. The maximum absolute atomic E-state index is 11.4. The molecule has 1 aromatic heterocycles. The topological polar surface area (TPSA) is 54.6 Å². The third kappa shape index (κ3) is 3.19. The van der Waals surface area contributed by atoms with Crippen molar-refractivity contribution in [2.45, 2.75) is 0 Å². The Labute approximate surface area is 103 Å². The van der Waals surface area contributed by atoms with Crippen molar-refractivity contribution < 1.29 is 9.21 Å². The second-order valence-electron chi connectivity index (χ2n) is 3.23. The normalized spacial score (nSPS) is 10.6. The molecule has 4 nitrogen and oxygen atoms in total. The zero-order chi connectivity index (χ0) is 12.1. The van der Waals surface area contributed by atoms with Crippen LogP contribution in [0.4, 0.5) is 0 Å². The summed E-state index contributed by atoms with van der Waals surface area (Å²) in [4.78, 5) is 11.4. The zero-order valence-electron chi connectivity index (χ0n) is 8.76. The Kier molecular flexibility index (Phi) is 3.57. The number of carbonyl (C=O) groups is 1. The number of amides is 1. The Morgan fingerprint density at radius 3 is 2.94 bits per heavy atom. The van der Waals surface area contributed by atoms with E-state index in [1.807, 2.05) is 6.07 Å². The fourth-order valence-electron chi connectivity index (χ4n) is 1.22. The average Bonchev–Trinajstić information content (AvgIpc) is 2.82. The van der Waals surface area contributed by atoms with E-state index in [0.717, 1.165) is 5.56 Å². The van der Waals surface area contributed by atoms with Gasteiger partial charge in [-0.15, -0.1) is 0 Å². The van der Waals surface area contributed by atoms with Crippen LogP contribution < -0.4 is 5.43 Å². The maximum Gasteiger partial charge on any atom is 0.307 e. The fraction of sp³-hybridized carbons (Fsp3) is 0. The van der Waals surface area contributed by atoms with Crippen LogP contribution in [-0.2, 0) is 0 Å². The highest BCUT2D eigenvalue weighted by molar-refractivity contribution is 6.30. The second kappa shape index (κ2) is 5.32. The Bertz CT molecular complexity index is 535. The quantitative estimate of drug-likeness (QED) is 0.671. The molecule has 0 aliphatic heterocycles. The monoisotopic (exact) mass is 248 g/mol. The van der Waals surface area contributed by atoms with Crippen LogP contribution in [0.1, 0.15) is 16.1 Å². The van der Waals surface area contributed by atoms with Crippen LogP contribution in [-0.4, -0.2) is 12.1 Å². The van der Waals surface area contributed by atoms with Gasteiger partial charge in [0.15, 0.2) is 5.76 Å². The van der Waals surface area contributed by atoms with E-state index >= 15 is 0 Å². The van der Waals surface area contributed by atoms with Crippen LogP contribution in [0.15, 0.2) is 52.2 Å². The Balaban J connectivity index is 1.96. The van der Waals surface area contributed by atoms with Gasteiger partial charge < -0.3 is 4.42 Å². The van der Waals surface area contributed by atoms with Crippen molar-refractivity contribution in [1.82, 2.24) is 5.43 Å². The molecule has 1 aromatic carbocycles. The summed E-state index contributed by atoms with van der Waals surface area (Å²) in [7, 11) is 0. The summed E-state index contributed by atoms with van der Waals surface area (Å²) in [6, 6.07) is 10.3. The molecule has 0 aliphatic carbocycles. The van der Waals surface area contributed by atoms with E-state index in [2.05, 4.69) is 10.5 Å². The number of rotatable bonds is 3. The predicted molar refractivity (Wildman–Crippen MR) is 65.2 cm³/mol.